The largest absolute Gasteiger partial charge is 0.508 e. The zero-order valence-electron chi connectivity index (χ0n) is 9.19. The summed E-state index contributed by atoms with van der Waals surface area (Å²) in [6.07, 6.45) is 0. The first-order valence-electron chi connectivity index (χ1n) is 4.84. The zero-order chi connectivity index (χ0) is 11.6. The van der Waals surface area contributed by atoms with Gasteiger partial charge in [-0.2, -0.15) is 0 Å². The van der Waals surface area contributed by atoms with Crippen LogP contribution in [-0.2, 0) is 4.79 Å². The maximum absolute atomic E-state index is 11.2. The predicted molar refractivity (Wildman–Crippen MR) is 57.9 cm³/mol. The zero-order valence-corrected chi connectivity index (χ0v) is 9.19. The minimum absolute atomic E-state index is 0.100. The van der Waals surface area contributed by atoms with Crippen LogP contribution >= 0.6 is 0 Å². The summed E-state index contributed by atoms with van der Waals surface area (Å²) in [5, 5.41) is 18.5. The molecule has 0 aliphatic heterocycles. The number of aromatic hydroxyl groups is 1. The summed E-state index contributed by atoms with van der Waals surface area (Å²) < 4.78 is 0. The Bertz CT molecular complexity index is 363. The van der Waals surface area contributed by atoms with Crippen molar-refractivity contribution in [2.45, 2.75) is 26.7 Å². The van der Waals surface area contributed by atoms with Gasteiger partial charge in [-0.15, -0.1) is 0 Å². The van der Waals surface area contributed by atoms with E-state index >= 15 is 0 Å². The summed E-state index contributed by atoms with van der Waals surface area (Å²) in [6.45, 7) is 5.61. The second-order valence-corrected chi connectivity index (χ2v) is 4.73. The molecule has 0 saturated heterocycles. The first-order valence-corrected chi connectivity index (χ1v) is 4.84. The third-order valence-corrected chi connectivity index (χ3v) is 2.32. The molecule has 15 heavy (non-hydrogen) atoms. The van der Waals surface area contributed by atoms with Crippen molar-refractivity contribution in [3.05, 3.63) is 29.8 Å². The normalized spacial score (nSPS) is 13.5. The third kappa shape index (κ3) is 2.72. The first-order chi connectivity index (χ1) is 6.82. The van der Waals surface area contributed by atoms with Gasteiger partial charge in [0.15, 0.2) is 0 Å². The van der Waals surface area contributed by atoms with Crippen LogP contribution in [0, 0.1) is 5.41 Å². The number of benzene rings is 1. The highest BCUT2D eigenvalue weighted by atomic mass is 16.4. The van der Waals surface area contributed by atoms with Gasteiger partial charge >= 0.3 is 5.97 Å². The Hall–Kier alpha value is -1.51. The molecule has 0 heterocycles. The molecule has 3 heteroatoms. The van der Waals surface area contributed by atoms with Crippen LogP contribution in [0.2, 0.25) is 0 Å². The monoisotopic (exact) mass is 208 g/mol. The molecule has 0 radical (unpaired) electrons. The van der Waals surface area contributed by atoms with E-state index < -0.39 is 11.9 Å². The molecule has 3 nitrogen and oxygen atoms in total. The Labute approximate surface area is 89.4 Å². The lowest BCUT2D eigenvalue weighted by atomic mass is 9.76. The van der Waals surface area contributed by atoms with Crippen LogP contribution < -0.4 is 0 Å². The van der Waals surface area contributed by atoms with E-state index in [0.717, 1.165) is 0 Å². The fourth-order valence-corrected chi connectivity index (χ4v) is 1.72. The number of rotatable bonds is 2. The quantitative estimate of drug-likeness (QED) is 0.785. The number of phenolic OH excluding ortho intramolecular Hbond substituents is 1. The van der Waals surface area contributed by atoms with Gasteiger partial charge in [-0.05, 0) is 23.1 Å². The van der Waals surface area contributed by atoms with Gasteiger partial charge in [0.2, 0.25) is 0 Å². The first kappa shape index (κ1) is 11.6. The molecular formula is C12H16O3. The van der Waals surface area contributed by atoms with Crippen LogP contribution in [-0.4, -0.2) is 16.2 Å². The van der Waals surface area contributed by atoms with Crippen molar-refractivity contribution in [3.63, 3.8) is 0 Å². The van der Waals surface area contributed by atoms with Crippen molar-refractivity contribution in [2.24, 2.45) is 5.41 Å². The van der Waals surface area contributed by atoms with Crippen molar-refractivity contribution < 1.29 is 15.0 Å². The van der Waals surface area contributed by atoms with E-state index in [0.29, 0.717) is 5.56 Å². The molecule has 1 aromatic rings. The fraction of sp³-hybridized carbons (Fsp3) is 0.417. The van der Waals surface area contributed by atoms with Crippen molar-refractivity contribution in [2.75, 3.05) is 0 Å². The minimum Gasteiger partial charge on any atom is -0.508 e. The van der Waals surface area contributed by atoms with E-state index in [-0.39, 0.29) is 11.2 Å². The minimum atomic E-state index is -0.867. The molecule has 0 aromatic heterocycles. The number of aliphatic carboxylic acids is 1. The molecule has 0 spiro atoms. The standard InChI is InChI=1S/C12H16O3/c1-12(2,3)10(11(14)15)8-5-4-6-9(13)7-8/h4-7,10,13H,1-3H3,(H,14,15). The molecule has 1 unspecified atom stereocenters. The van der Waals surface area contributed by atoms with E-state index in [2.05, 4.69) is 0 Å². The summed E-state index contributed by atoms with van der Waals surface area (Å²) in [5.74, 6) is -1.37. The smallest absolute Gasteiger partial charge is 0.311 e. The molecule has 0 saturated carbocycles. The van der Waals surface area contributed by atoms with Crippen LogP contribution in [0.3, 0.4) is 0 Å². The lowest BCUT2D eigenvalue weighted by molar-refractivity contribution is -0.141. The van der Waals surface area contributed by atoms with Gasteiger partial charge in [0, 0.05) is 0 Å². The number of hydrogen-bond donors (Lipinski definition) is 2. The van der Waals surface area contributed by atoms with E-state index in [1.165, 1.54) is 12.1 Å². The predicted octanol–water partition coefficient (Wildman–Crippen LogP) is 2.61. The highest BCUT2D eigenvalue weighted by molar-refractivity contribution is 5.77. The van der Waals surface area contributed by atoms with Crippen LogP contribution in [0.4, 0.5) is 0 Å². The van der Waals surface area contributed by atoms with E-state index in [9.17, 15) is 15.0 Å². The second-order valence-electron chi connectivity index (χ2n) is 4.73. The Morgan fingerprint density at radius 3 is 2.33 bits per heavy atom. The summed E-state index contributed by atoms with van der Waals surface area (Å²) in [5.41, 5.74) is 0.259. The van der Waals surface area contributed by atoms with Gasteiger partial charge < -0.3 is 10.2 Å². The average molecular weight is 208 g/mol. The lowest BCUT2D eigenvalue weighted by Crippen LogP contribution is -2.26. The molecule has 1 aromatic carbocycles. The Balaban J connectivity index is 3.16. The van der Waals surface area contributed by atoms with Gasteiger partial charge in [0.1, 0.15) is 5.75 Å². The maximum Gasteiger partial charge on any atom is 0.311 e. The van der Waals surface area contributed by atoms with E-state index in [1.54, 1.807) is 12.1 Å². The molecule has 2 N–H and O–H groups in total. The van der Waals surface area contributed by atoms with Crippen molar-refractivity contribution in [1.82, 2.24) is 0 Å². The average Bonchev–Trinajstić information content (AvgIpc) is 1.99. The van der Waals surface area contributed by atoms with Crippen molar-refractivity contribution in [1.29, 1.82) is 0 Å². The molecule has 0 aliphatic carbocycles. The SMILES string of the molecule is CC(C)(C)C(C(=O)O)c1cccc(O)c1. The summed E-state index contributed by atoms with van der Waals surface area (Å²) in [4.78, 5) is 11.2. The van der Waals surface area contributed by atoms with E-state index in [1.807, 2.05) is 20.8 Å². The van der Waals surface area contributed by atoms with Gasteiger partial charge in [-0.1, -0.05) is 32.9 Å². The van der Waals surface area contributed by atoms with Gasteiger partial charge in [-0.3, -0.25) is 4.79 Å². The summed E-state index contributed by atoms with van der Waals surface area (Å²) in [6, 6.07) is 6.42. The van der Waals surface area contributed by atoms with Crippen LogP contribution in [0.25, 0.3) is 0 Å². The van der Waals surface area contributed by atoms with Crippen LogP contribution in [0.5, 0.6) is 5.75 Å². The number of carbonyl (C=O) groups is 1. The molecule has 0 bridgehead atoms. The molecule has 0 amide bonds. The highest BCUT2D eigenvalue weighted by Crippen LogP contribution is 2.36. The van der Waals surface area contributed by atoms with E-state index in [4.69, 9.17) is 0 Å². The molecule has 1 rings (SSSR count). The van der Waals surface area contributed by atoms with Gasteiger partial charge in [-0.25, -0.2) is 0 Å². The van der Waals surface area contributed by atoms with Gasteiger partial charge in [0.05, 0.1) is 5.92 Å². The number of carboxylic acid groups (broad SMARTS) is 1. The Morgan fingerprint density at radius 2 is 1.93 bits per heavy atom. The molecule has 82 valence electrons. The number of carboxylic acids is 1. The fourth-order valence-electron chi connectivity index (χ4n) is 1.72. The molecule has 0 aliphatic rings. The third-order valence-electron chi connectivity index (χ3n) is 2.32. The summed E-state index contributed by atoms with van der Waals surface area (Å²) >= 11 is 0. The second kappa shape index (κ2) is 3.93. The van der Waals surface area contributed by atoms with Crippen molar-refractivity contribution in [3.8, 4) is 5.75 Å². The molecule has 0 fully saturated rings. The topological polar surface area (TPSA) is 57.5 Å². The molecule has 1 atom stereocenters. The lowest BCUT2D eigenvalue weighted by Gasteiger charge is -2.27. The molecular weight excluding hydrogens is 192 g/mol. The van der Waals surface area contributed by atoms with Crippen molar-refractivity contribution >= 4 is 5.97 Å². The van der Waals surface area contributed by atoms with Crippen LogP contribution in [0.15, 0.2) is 24.3 Å². The highest BCUT2D eigenvalue weighted by Gasteiger charge is 2.32. The summed E-state index contributed by atoms with van der Waals surface area (Å²) in [7, 11) is 0. The number of hydrogen-bond acceptors (Lipinski definition) is 2. The Morgan fingerprint density at radius 1 is 1.33 bits per heavy atom. The maximum atomic E-state index is 11.2. The van der Waals surface area contributed by atoms with Crippen LogP contribution in [0.1, 0.15) is 32.3 Å². The Kier molecular flexibility index (Phi) is 3.03. The van der Waals surface area contributed by atoms with Gasteiger partial charge in [0.25, 0.3) is 0 Å². The number of phenols is 1.